The number of rotatable bonds is 7. The molecule has 5 aromatic rings. The van der Waals surface area contributed by atoms with Crippen molar-refractivity contribution in [1.29, 1.82) is 0 Å². The van der Waals surface area contributed by atoms with Crippen molar-refractivity contribution in [3.8, 4) is 17.0 Å². The van der Waals surface area contributed by atoms with Gasteiger partial charge in [0, 0.05) is 22.8 Å². The van der Waals surface area contributed by atoms with Crippen molar-refractivity contribution in [2.75, 3.05) is 0 Å². The van der Waals surface area contributed by atoms with Crippen LogP contribution >= 0.6 is 43.5 Å². The molecule has 0 saturated carbocycles. The molecule has 0 aliphatic rings. The van der Waals surface area contributed by atoms with Gasteiger partial charge in [-0.2, -0.15) is 0 Å². The van der Waals surface area contributed by atoms with Crippen LogP contribution in [0.15, 0.2) is 74.1 Å². The lowest BCUT2D eigenvalue weighted by atomic mass is 9.92. The maximum absolute atomic E-state index is 13.6. The Kier molecular flexibility index (Phi) is 7.43. The van der Waals surface area contributed by atoms with Gasteiger partial charge in [0.15, 0.2) is 6.23 Å². The van der Waals surface area contributed by atoms with Crippen molar-refractivity contribution in [3.63, 3.8) is 0 Å². The number of hydrogen-bond acceptors (Lipinski definition) is 6. The lowest BCUT2D eigenvalue weighted by Crippen LogP contribution is -2.38. The highest BCUT2D eigenvalue weighted by Gasteiger charge is 2.27. The Morgan fingerprint density at radius 1 is 1.08 bits per heavy atom. The maximum atomic E-state index is 13.6. The summed E-state index contributed by atoms with van der Waals surface area (Å²) in [6.07, 6.45) is -0.849. The zero-order chi connectivity index (χ0) is 27.0. The van der Waals surface area contributed by atoms with Crippen LogP contribution in [0.1, 0.15) is 21.7 Å². The number of carbonyl (C=O) groups is 2. The fourth-order valence-electron chi connectivity index (χ4n) is 4.51. The molecule has 0 radical (unpaired) electrons. The zero-order valence-corrected chi connectivity index (χ0v) is 23.7. The molecular formula is C28H19Br2ClN2O5. The summed E-state index contributed by atoms with van der Waals surface area (Å²) >= 11 is 13.3. The van der Waals surface area contributed by atoms with Gasteiger partial charge in [-0.05, 0) is 67.3 Å². The number of phenols is 1. The number of halogens is 3. The molecule has 2 N–H and O–H groups in total. The summed E-state index contributed by atoms with van der Waals surface area (Å²) in [6, 6.07) is 18.6. The number of hydrogen-bond donors (Lipinski definition) is 2. The summed E-state index contributed by atoms with van der Waals surface area (Å²) in [6.45, 7) is 1.92. The van der Waals surface area contributed by atoms with Crippen LogP contribution in [0.3, 0.4) is 0 Å². The maximum Gasteiger partial charge on any atom is 0.295 e. The van der Waals surface area contributed by atoms with Crippen molar-refractivity contribution in [1.82, 2.24) is 10.5 Å². The Balaban J connectivity index is 1.58. The van der Waals surface area contributed by atoms with Gasteiger partial charge in [0.2, 0.25) is 0 Å². The number of aromatic nitrogens is 1. The predicted molar refractivity (Wildman–Crippen MR) is 152 cm³/mol. The van der Waals surface area contributed by atoms with E-state index in [-0.39, 0.29) is 24.2 Å². The SMILES string of the molecule is Cc1onc(-c2c3ccccc3c(Cl)c3ccccc23)c1C(=O)NC(Cc1cc(Br)c(O)c(Br)c1)OC=O. The summed E-state index contributed by atoms with van der Waals surface area (Å²) in [5.41, 5.74) is 1.98. The van der Waals surface area contributed by atoms with Crippen molar-refractivity contribution in [3.05, 3.63) is 91.5 Å². The first-order chi connectivity index (χ1) is 18.3. The van der Waals surface area contributed by atoms with E-state index in [9.17, 15) is 14.7 Å². The second-order valence-corrected chi connectivity index (χ2v) is 10.6. The number of aryl methyl sites for hydroxylation is 1. The molecule has 1 aromatic heterocycles. The highest BCUT2D eigenvalue weighted by atomic mass is 79.9. The average Bonchev–Trinajstić information content (AvgIpc) is 3.28. The van der Waals surface area contributed by atoms with Crippen LogP contribution in [0.2, 0.25) is 5.02 Å². The summed E-state index contributed by atoms with van der Waals surface area (Å²) in [5.74, 6) is -0.177. The van der Waals surface area contributed by atoms with Gasteiger partial charge in [-0.25, -0.2) is 0 Å². The molecule has 4 aromatic carbocycles. The second kappa shape index (κ2) is 10.8. The van der Waals surface area contributed by atoms with E-state index in [1.165, 1.54) is 0 Å². The van der Waals surface area contributed by atoms with E-state index in [1.807, 2.05) is 48.5 Å². The van der Waals surface area contributed by atoms with Crippen molar-refractivity contribution in [2.45, 2.75) is 19.6 Å². The monoisotopic (exact) mass is 656 g/mol. The average molecular weight is 659 g/mol. The lowest BCUT2D eigenvalue weighted by Gasteiger charge is -2.18. The minimum atomic E-state index is -0.996. The summed E-state index contributed by atoms with van der Waals surface area (Å²) in [7, 11) is 0. The van der Waals surface area contributed by atoms with E-state index in [0.29, 0.717) is 36.5 Å². The van der Waals surface area contributed by atoms with E-state index in [1.54, 1.807) is 19.1 Å². The van der Waals surface area contributed by atoms with Crippen LogP contribution in [-0.2, 0) is 16.0 Å². The molecule has 5 rings (SSSR count). The third-order valence-corrected chi connectivity index (χ3v) is 7.82. The third-order valence-electron chi connectivity index (χ3n) is 6.20. The molecule has 0 spiro atoms. The van der Waals surface area contributed by atoms with Gasteiger partial charge in [0.1, 0.15) is 22.8 Å². The minimum absolute atomic E-state index is 0.0396. The van der Waals surface area contributed by atoms with Crippen LogP contribution < -0.4 is 5.32 Å². The van der Waals surface area contributed by atoms with Crippen molar-refractivity contribution < 1.29 is 24.0 Å². The number of nitrogens with one attached hydrogen (secondary N) is 1. The van der Waals surface area contributed by atoms with Gasteiger partial charge in [0.25, 0.3) is 12.4 Å². The summed E-state index contributed by atoms with van der Waals surface area (Å²) in [5, 5.41) is 20.9. The largest absolute Gasteiger partial charge is 0.506 e. The van der Waals surface area contributed by atoms with E-state index < -0.39 is 12.1 Å². The number of aromatic hydroxyl groups is 1. The summed E-state index contributed by atoms with van der Waals surface area (Å²) in [4.78, 5) is 24.9. The Hall–Kier alpha value is -3.40. The highest BCUT2D eigenvalue weighted by molar-refractivity contribution is 9.11. The molecule has 0 aliphatic heterocycles. The first-order valence-corrected chi connectivity index (χ1v) is 13.4. The number of ether oxygens (including phenoxy) is 1. The van der Waals surface area contributed by atoms with E-state index in [0.717, 1.165) is 21.5 Å². The van der Waals surface area contributed by atoms with Crippen LogP contribution in [-0.4, -0.2) is 28.9 Å². The molecule has 10 heteroatoms. The zero-order valence-electron chi connectivity index (χ0n) is 19.8. The quantitative estimate of drug-likeness (QED) is 0.108. The normalized spacial score (nSPS) is 12.0. The predicted octanol–water partition coefficient (Wildman–Crippen LogP) is 7.31. The van der Waals surface area contributed by atoms with Crippen LogP contribution in [0.25, 0.3) is 32.8 Å². The Morgan fingerprint density at radius 2 is 1.63 bits per heavy atom. The number of carbonyl (C=O) groups excluding carboxylic acids is 2. The molecule has 0 fully saturated rings. The molecule has 1 heterocycles. The second-order valence-electron chi connectivity index (χ2n) is 8.55. The molecule has 1 unspecified atom stereocenters. The molecule has 1 atom stereocenters. The van der Waals surface area contributed by atoms with Crippen LogP contribution in [0.5, 0.6) is 5.75 Å². The van der Waals surface area contributed by atoms with Crippen molar-refractivity contribution >= 4 is 77.4 Å². The smallest absolute Gasteiger partial charge is 0.295 e. The molecule has 1 amide bonds. The highest BCUT2D eigenvalue weighted by Crippen LogP contribution is 2.42. The number of benzene rings is 4. The van der Waals surface area contributed by atoms with Gasteiger partial charge >= 0.3 is 0 Å². The number of nitrogens with zero attached hydrogens (tertiary/aromatic N) is 1. The number of phenolic OH excluding ortho intramolecular Hbond substituents is 1. The van der Waals surface area contributed by atoms with E-state index in [4.69, 9.17) is 20.9 Å². The standard InChI is InChI=1S/C28H19Br2ClN2O5/c1-14-23(28(36)32-22(37-13-34)12-15-10-20(29)27(35)21(30)11-15)26(33-38-14)24-16-6-2-4-8-18(16)25(31)19-9-5-3-7-17(19)24/h2-11,13,22,35H,12H2,1H3,(H,32,36). The van der Waals surface area contributed by atoms with E-state index >= 15 is 0 Å². The first-order valence-electron chi connectivity index (χ1n) is 11.4. The fourth-order valence-corrected chi connectivity index (χ4v) is 6.12. The number of amides is 1. The van der Waals surface area contributed by atoms with Gasteiger partial charge in [0.05, 0.1) is 14.0 Å². The molecule has 0 aliphatic carbocycles. The Bertz CT molecular complexity index is 1640. The topological polar surface area (TPSA) is 102 Å². The van der Waals surface area contributed by atoms with Gasteiger partial charge in [-0.15, -0.1) is 0 Å². The van der Waals surface area contributed by atoms with Gasteiger partial charge in [-0.3, -0.25) is 9.59 Å². The molecule has 0 bridgehead atoms. The van der Waals surface area contributed by atoms with Gasteiger partial charge < -0.3 is 19.7 Å². The molecular weight excluding hydrogens is 640 g/mol. The lowest BCUT2D eigenvalue weighted by molar-refractivity contribution is -0.134. The fraction of sp³-hybridized carbons (Fsp3) is 0.107. The summed E-state index contributed by atoms with van der Waals surface area (Å²) < 4.78 is 11.6. The van der Waals surface area contributed by atoms with E-state index in [2.05, 4.69) is 42.3 Å². The minimum Gasteiger partial charge on any atom is -0.506 e. The van der Waals surface area contributed by atoms with Crippen LogP contribution in [0, 0.1) is 6.92 Å². The molecule has 38 heavy (non-hydrogen) atoms. The number of fused-ring (bicyclic) bond motifs is 2. The van der Waals surface area contributed by atoms with Crippen molar-refractivity contribution in [2.24, 2.45) is 0 Å². The molecule has 7 nitrogen and oxygen atoms in total. The third kappa shape index (κ3) is 4.77. The Labute approximate surface area is 239 Å². The first kappa shape index (κ1) is 26.2. The Morgan fingerprint density at radius 3 is 2.18 bits per heavy atom. The van der Waals surface area contributed by atoms with Crippen LogP contribution in [0.4, 0.5) is 0 Å². The molecule has 0 saturated heterocycles. The van der Waals surface area contributed by atoms with Gasteiger partial charge in [-0.1, -0.05) is 65.3 Å². The molecule has 192 valence electrons.